The van der Waals surface area contributed by atoms with Gasteiger partial charge in [0.1, 0.15) is 11.7 Å². The molecule has 0 radical (unpaired) electrons. The number of morpholine rings is 1. The van der Waals surface area contributed by atoms with Gasteiger partial charge in [-0.05, 0) is 38.0 Å². The summed E-state index contributed by atoms with van der Waals surface area (Å²) in [5.41, 5.74) is 2.70. The van der Waals surface area contributed by atoms with Crippen LogP contribution < -0.4 is 0 Å². The summed E-state index contributed by atoms with van der Waals surface area (Å²) in [5, 5.41) is 0. The smallest absolute Gasteiger partial charge is 0.410 e. The van der Waals surface area contributed by atoms with Crippen LogP contribution in [0, 0.1) is 0 Å². The van der Waals surface area contributed by atoms with Gasteiger partial charge in [-0.3, -0.25) is 0 Å². The predicted octanol–water partition coefficient (Wildman–Crippen LogP) is 4.26. The molecule has 0 saturated carbocycles. The molecule has 0 bridgehead atoms. The van der Waals surface area contributed by atoms with E-state index in [-0.39, 0.29) is 12.2 Å². The Kier molecular flexibility index (Phi) is 4.62. The minimum absolute atomic E-state index is 0.135. The molecule has 1 unspecified atom stereocenters. The molecule has 1 aromatic heterocycles. The summed E-state index contributed by atoms with van der Waals surface area (Å²) >= 11 is 0. The van der Waals surface area contributed by atoms with Crippen molar-refractivity contribution < 1.29 is 18.7 Å². The maximum atomic E-state index is 12.2. The first kappa shape index (κ1) is 16.6. The fraction of sp³-hybridized carbons (Fsp3) is 0.421. The van der Waals surface area contributed by atoms with Crippen molar-refractivity contribution in [3.63, 3.8) is 0 Å². The lowest BCUT2D eigenvalue weighted by atomic mass is 10.0. The topological polar surface area (TPSA) is 51.9 Å². The van der Waals surface area contributed by atoms with E-state index in [1.54, 1.807) is 17.4 Å². The number of ether oxygens (including phenoxy) is 2. The molecule has 5 heteroatoms. The van der Waals surface area contributed by atoms with Crippen LogP contribution in [-0.4, -0.2) is 36.3 Å². The first-order valence-corrected chi connectivity index (χ1v) is 8.14. The van der Waals surface area contributed by atoms with Crippen LogP contribution in [0.5, 0.6) is 0 Å². The number of nitrogens with zero attached hydrogens (tertiary/aromatic N) is 1. The van der Waals surface area contributed by atoms with Crippen LogP contribution in [-0.2, 0) is 9.47 Å². The lowest BCUT2D eigenvalue weighted by Gasteiger charge is -2.34. The van der Waals surface area contributed by atoms with Crippen molar-refractivity contribution in [1.29, 1.82) is 0 Å². The van der Waals surface area contributed by atoms with E-state index >= 15 is 0 Å². The first-order chi connectivity index (χ1) is 11.4. The van der Waals surface area contributed by atoms with Crippen LogP contribution in [0.25, 0.3) is 11.1 Å². The molecular weight excluding hydrogens is 306 g/mol. The molecule has 1 amide bonds. The summed E-state index contributed by atoms with van der Waals surface area (Å²) in [5.74, 6) is 0. The monoisotopic (exact) mass is 329 g/mol. The molecule has 3 rings (SSSR count). The fourth-order valence-corrected chi connectivity index (χ4v) is 2.66. The van der Waals surface area contributed by atoms with Gasteiger partial charge < -0.3 is 18.8 Å². The normalized spacial score (nSPS) is 18.5. The molecule has 24 heavy (non-hydrogen) atoms. The number of furan rings is 1. The second kappa shape index (κ2) is 6.69. The zero-order valence-corrected chi connectivity index (χ0v) is 14.3. The molecule has 5 nitrogen and oxygen atoms in total. The Balaban J connectivity index is 1.67. The highest BCUT2D eigenvalue weighted by molar-refractivity contribution is 5.68. The van der Waals surface area contributed by atoms with Gasteiger partial charge in [0, 0.05) is 12.1 Å². The van der Waals surface area contributed by atoms with Crippen LogP contribution in [0.15, 0.2) is 47.3 Å². The average molecular weight is 329 g/mol. The minimum atomic E-state index is -0.489. The summed E-state index contributed by atoms with van der Waals surface area (Å²) in [7, 11) is 0. The molecule has 1 aromatic carbocycles. The van der Waals surface area contributed by atoms with Crippen molar-refractivity contribution in [2.75, 3.05) is 19.7 Å². The third kappa shape index (κ3) is 3.97. The maximum absolute atomic E-state index is 12.2. The van der Waals surface area contributed by atoms with Crippen molar-refractivity contribution in [2.45, 2.75) is 32.5 Å². The second-order valence-corrected chi connectivity index (χ2v) is 6.92. The summed E-state index contributed by atoms with van der Waals surface area (Å²) in [4.78, 5) is 13.9. The molecule has 1 atom stereocenters. The van der Waals surface area contributed by atoms with Crippen molar-refractivity contribution in [2.24, 2.45) is 0 Å². The van der Waals surface area contributed by atoms with Crippen LogP contribution in [0.4, 0.5) is 4.79 Å². The quantitative estimate of drug-likeness (QED) is 0.826. The molecule has 2 heterocycles. The summed E-state index contributed by atoms with van der Waals surface area (Å²) < 4.78 is 16.4. The number of rotatable bonds is 2. The predicted molar refractivity (Wildman–Crippen MR) is 90.6 cm³/mol. The van der Waals surface area contributed by atoms with E-state index in [9.17, 15) is 4.79 Å². The molecule has 0 aliphatic carbocycles. The van der Waals surface area contributed by atoms with Gasteiger partial charge in [0.2, 0.25) is 0 Å². The maximum Gasteiger partial charge on any atom is 0.410 e. The SMILES string of the molecule is CC(C)(C)OC(=O)N1CCOC(c2ccc(-c3ccoc3)cc2)C1. The molecule has 1 saturated heterocycles. The molecule has 2 aromatic rings. The highest BCUT2D eigenvalue weighted by Crippen LogP contribution is 2.26. The van der Waals surface area contributed by atoms with Crippen LogP contribution in [0.1, 0.15) is 32.4 Å². The van der Waals surface area contributed by atoms with Gasteiger partial charge in [0.25, 0.3) is 0 Å². The van der Waals surface area contributed by atoms with E-state index in [2.05, 4.69) is 0 Å². The molecule has 0 spiro atoms. The second-order valence-electron chi connectivity index (χ2n) is 6.92. The fourth-order valence-electron chi connectivity index (χ4n) is 2.66. The molecular formula is C19H23NO4. The van der Waals surface area contributed by atoms with E-state index in [4.69, 9.17) is 13.9 Å². The van der Waals surface area contributed by atoms with Gasteiger partial charge in [-0.25, -0.2) is 4.79 Å². The Hall–Kier alpha value is -2.27. The summed E-state index contributed by atoms with van der Waals surface area (Å²) in [6, 6.07) is 10.1. The highest BCUT2D eigenvalue weighted by atomic mass is 16.6. The number of carbonyl (C=O) groups is 1. The highest BCUT2D eigenvalue weighted by Gasteiger charge is 2.28. The van der Waals surface area contributed by atoms with Crippen LogP contribution in [0.3, 0.4) is 0 Å². The van der Waals surface area contributed by atoms with E-state index in [1.807, 2.05) is 51.1 Å². The van der Waals surface area contributed by atoms with Gasteiger partial charge >= 0.3 is 6.09 Å². The van der Waals surface area contributed by atoms with Crippen molar-refractivity contribution in [1.82, 2.24) is 4.90 Å². The number of benzene rings is 1. The van der Waals surface area contributed by atoms with Crippen LogP contribution >= 0.6 is 0 Å². The third-order valence-corrected chi connectivity index (χ3v) is 3.86. The molecule has 1 aliphatic rings. The summed E-state index contributed by atoms with van der Waals surface area (Å²) in [6.45, 7) is 7.18. The van der Waals surface area contributed by atoms with Crippen LogP contribution in [0.2, 0.25) is 0 Å². The Bertz CT molecular complexity index is 670. The lowest BCUT2D eigenvalue weighted by molar-refractivity contribution is -0.0432. The standard InChI is InChI=1S/C19H23NO4/c1-19(2,3)24-18(21)20-9-11-23-17(12-20)15-6-4-14(5-7-15)16-8-10-22-13-16/h4-8,10,13,17H,9,11-12H2,1-3H3. The molecule has 1 fully saturated rings. The van der Waals surface area contributed by atoms with E-state index in [1.165, 1.54) is 0 Å². The Morgan fingerprint density at radius 3 is 2.54 bits per heavy atom. The van der Waals surface area contributed by atoms with Gasteiger partial charge in [-0.2, -0.15) is 0 Å². The van der Waals surface area contributed by atoms with Gasteiger partial charge in [0.05, 0.1) is 25.7 Å². The number of carbonyl (C=O) groups excluding carboxylic acids is 1. The van der Waals surface area contributed by atoms with Gasteiger partial charge in [-0.1, -0.05) is 24.3 Å². The largest absolute Gasteiger partial charge is 0.472 e. The van der Waals surface area contributed by atoms with Gasteiger partial charge in [0.15, 0.2) is 0 Å². The number of amides is 1. The first-order valence-electron chi connectivity index (χ1n) is 8.14. The van der Waals surface area contributed by atoms with Crippen molar-refractivity contribution >= 4 is 6.09 Å². The molecule has 1 aliphatic heterocycles. The third-order valence-electron chi connectivity index (χ3n) is 3.86. The molecule has 0 N–H and O–H groups in total. The average Bonchev–Trinajstić information content (AvgIpc) is 3.08. The van der Waals surface area contributed by atoms with Gasteiger partial charge in [-0.15, -0.1) is 0 Å². The minimum Gasteiger partial charge on any atom is -0.472 e. The summed E-state index contributed by atoms with van der Waals surface area (Å²) in [6.07, 6.45) is 2.96. The number of hydrogen-bond acceptors (Lipinski definition) is 4. The van der Waals surface area contributed by atoms with E-state index in [0.29, 0.717) is 19.7 Å². The zero-order valence-electron chi connectivity index (χ0n) is 14.3. The zero-order chi connectivity index (χ0) is 17.2. The van der Waals surface area contributed by atoms with Crippen molar-refractivity contribution in [3.8, 4) is 11.1 Å². The van der Waals surface area contributed by atoms with Crippen molar-refractivity contribution in [3.05, 3.63) is 48.4 Å². The van der Waals surface area contributed by atoms with E-state index in [0.717, 1.165) is 16.7 Å². The Morgan fingerprint density at radius 2 is 1.92 bits per heavy atom. The Labute approximate surface area is 142 Å². The Morgan fingerprint density at radius 1 is 1.17 bits per heavy atom. The number of hydrogen-bond donors (Lipinski definition) is 0. The van der Waals surface area contributed by atoms with E-state index < -0.39 is 5.60 Å². The molecule has 128 valence electrons. The lowest BCUT2D eigenvalue weighted by Crippen LogP contribution is -2.44.